The molecule has 2 heterocycles. The maximum Gasteiger partial charge on any atom is 0.115 e. The van der Waals surface area contributed by atoms with E-state index in [9.17, 15) is 0 Å². The Bertz CT molecular complexity index is 408. The standard InChI is InChI=1S/C15H28N4O/c1-15(2,13-18-9-11-20-12-10-18)14-16-5-6-19(14)8-7-17(3)4/h5-6H,7-13H2,1-4H3. The first-order chi connectivity index (χ1) is 9.49. The average Bonchev–Trinajstić information content (AvgIpc) is 2.86. The van der Waals surface area contributed by atoms with Gasteiger partial charge in [0.2, 0.25) is 0 Å². The van der Waals surface area contributed by atoms with E-state index in [1.54, 1.807) is 0 Å². The van der Waals surface area contributed by atoms with Crippen LogP contribution >= 0.6 is 0 Å². The molecule has 5 heteroatoms. The maximum absolute atomic E-state index is 5.43. The number of hydrogen-bond acceptors (Lipinski definition) is 4. The van der Waals surface area contributed by atoms with Gasteiger partial charge in [-0.25, -0.2) is 4.98 Å². The van der Waals surface area contributed by atoms with Crippen LogP contribution in [0, 0.1) is 0 Å². The fourth-order valence-electron chi connectivity index (χ4n) is 2.77. The highest BCUT2D eigenvalue weighted by Crippen LogP contribution is 2.23. The van der Waals surface area contributed by atoms with Crippen LogP contribution in [0.3, 0.4) is 0 Å². The van der Waals surface area contributed by atoms with Gasteiger partial charge in [0, 0.05) is 50.5 Å². The smallest absolute Gasteiger partial charge is 0.115 e. The molecular weight excluding hydrogens is 252 g/mol. The molecule has 5 nitrogen and oxygen atoms in total. The predicted molar refractivity (Wildman–Crippen MR) is 81.1 cm³/mol. The average molecular weight is 280 g/mol. The largest absolute Gasteiger partial charge is 0.379 e. The van der Waals surface area contributed by atoms with Crippen molar-refractivity contribution in [2.45, 2.75) is 25.8 Å². The van der Waals surface area contributed by atoms with Gasteiger partial charge >= 0.3 is 0 Å². The Kier molecular flexibility index (Phi) is 5.18. The lowest BCUT2D eigenvalue weighted by Gasteiger charge is -2.34. The zero-order chi connectivity index (χ0) is 14.6. The van der Waals surface area contributed by atoms with Gasteiger partial charge in [-0.1, -0.05) is 13.8 Å². The minimum absolute atomic E-state index is 0.0627. The molecule has 0 unspecified atom stereocenters. The molecule has 1 aliphatic heterocycles. The molecule has 1 saturated heterocycles. The van der Waals surface area contributed by atoms with Gasteiger partial charge in [0.15, 0.2) is 0 Å². The Morgan fingerprint density at radius 2 is 2.00 bits per heavy atom. The molecule has 1 fully saturated rings. The molecule has 0 N–H and O–H groups in total. The second-order valence-corrected chi connectivity index (χ2v) is 6.52. The highest BCUT2D eigenvalue weighted by molar-refractivity contribution is 5.08. The van der Waals surface area contributed by atoms with Crippen LogP contribution < -0.4 is 0 Å². The lowest BCUT2D eigenvalue weighted by molar-refractivity contribution is 0.0286. The topological polar surface area (TPSA) is 33.5 Å². The van der Waals surface area contributed by atoms with Crippen LogP contribution in [0.1, 0.15) is 19.7 Å². The van der Waals surface area contributed by atoms with Gasteiger partial charge in [-0.15, -0.1) is 0 Å². The summed E-state index contributed by atoms with van der Waals surface area (Å²) < 4.78 is 7.72. The second-order valence-electron chi connectivity index (χ2n) is 6.52. The Hall–Kier alpha value is -0.910. The molecule has 0 saturated carbocycles. The summed E-state index contributed by atoms with van der Waals surface area (Å²) in [5.74, 6) is 1.19. The van der Waals surface area contributed by atoms with Gasteiger partial charge in [0.05, 0.1) is 13.2 Å². The van der Waals surface area contributed by atoms with E-state index in [1.165, 1.54) is 5.82 Å². The summed E-state index contributed by atoms with van der Waals surface area (Å²) in [6.07, 6.45) is 4.02. The van der Waals surface area contributed by atoms with E-state index in [4.69, 9.17) is 4.74 Å². The van der Waals surface area contributed by atoms with Crippen LogP contribution in [-0.2, 0) is 16.7 Å². The molecule has 0 radical (unpaired) electrons. The van der Waals surface area contributed by atoms with Crippen molar-refractivity contribution in [1.82, 2.24) is 19.4 Å². The first kappa shape index (κ1) is 15.5. The fraction of sp³-hybridized carbons (Fsp3) is 0.800. The molecule has 0 bridgehead atoms. The first-order valence-electron chi connectivity index (χ1n) is 7.45. The van der Waals surface area contributed by atoms with Gasteiger partial charge in [0.25, 0.3) is 0 Å². The van der Waals surface area contributed by atoms with Crippen molar-refractivity contribution in [2.24, 2.45) is 0 Å². The summed E-state index contributed by atoms with van der Waals surface area (Å²) in [6.45, 7) is 11.4. The van der Waals surface area contributed by atoms with Crippen molar-refractivity contribution < 1.29 is 4.74 Å². The molecule has 20 heavy (non-hydrogen) atoms. The highest BCUT2D eigenvalue weighted by atomic mass is 16.5. The van der Waals surface area contributed by atoms with E-state index >= 15 is 0 Å². The van der Waals surface area contributed by atoms with E-state index in [-0.39, 0.29) is 5.41 Å². The summed E-state index contributed by atoms with van der Waals surface area (Å²) in [4.78, 5) is 9.31. The minimum atomic E-state index is 0.0627. The molecule has 0 amide bonds. The van der Waals surface area contributed by atoms with E-state index in [2.05, 4.69) is 53.5 Å². The molecule has 0 spiro atoms. The number of nitrogens with zero attached hydrogens (tertiary/aromatic N) is 4. The number of morpholine rings is 1. The number of imidazole rings is 1. The zero-order valence-corrected chi connectivity index (χ0v) is 13.3. The fourth-order valence-corrected chi connectivity index (χ4v) is 2.77. The predicted octanol–water partition coefficient (Wildman–Crippen LogP) is 1.05. The molecule has 2 rings (SSSR count). The molecule has 1 aliphatic rings. The van der Waals surface area contributed by atoms with E-state index < -0.39 is 0 Å². The number of likely N-dealkylation sites (N-methyl/N-ethyl adjacent to an activating group) is 1. The van der Waals surface area contributed by atoms with Gasteiger partial charge in [-0.3, -0.25) is 4.90 Å². The number of rotatable bonds is 6. The van der Waals surface area contributed by atoms with Crippen molar-refractivity contribution in [3.8, 4) is 0 Å². The van der Waals surface area contributed by atoms with Crippen molar-refractivity contribution in [3.63, 3.8) is 0 Å². The Balaban J connectivity index is 2.02. The van der Waals surface area contributed by atoms with Crippen LogP contribution in [0.15, 0.2) is 12.4 Å². The van der Waals surface area contributed by atoms with Crippen LogP contribution in [0.5, 0.6) is 0 Å². The first-order valence-corrected chi connectivity index (χ1v) is 7.45. The van der Waals surface area contributed by atoms with E-state index in [0.717, 1.165) is 45.9 Å². The molecular formula is C15H28N4O. The lowest BCUT2D eigenvalue weighted by Crippen LogP contribution is -2.44. The maximum atomic E-state index is 5.43. The molecule has 114 valence electrons. The molecule has 1 aromatic heterocycles. The minimum Gasteiger partial charge on any atom is -0.379 e. The van der Waals surface area contributed by atoms with Gasteiger partial charge in [-0.2, -0.15) is 0 Å². The summed E-state index contributed by atoms with van der Waals surface area (Å²) in [7, 11) is 4.21. The quantitative estimate of drug-likeness (QED) is 0.780. The van der Waals surface area contributed by atoms with Gasteiger partial charge < -0.3 is 14.2 Å². The molecule has 0 atom stereocenters. The number of aromatic nitrogens is 2. The molecule has 0 aromatic carbocycles. The third-order valence-corrected chi connectivity index (χ3v) is 3.83. The van der Waals surface area contributed by atoms with Crippen LogP contribution in [-0.4, -0.2) is 72.8 Å². The number of ether oxygens (including phenoxy) is 1. The van der Waals surface area contributed by atoms with E-state index in [0.29, 0.717) is 0 Å². The summed E-state index contributed by atoms with van der Waals surface area (Å²) in [5, 5.41) is 0. The Morgan fingerprint density at radius 1 is 1.30 bits per heavy atom. The lowest BCUT2D eigenvalue weighted by atomic mass is 9.91. The second kappa shape index (κ2) is 6.70. The van der Waals surface area contributed by atoms with Gasteiger partial charge in [0.1, 0.15) is 5.82 Å². The summed E-state index contributed by atoms with van der Waals surface area (Å²) in [5.41, 5.74) is 0.0627. The van der Waals surface area contributed by atoms with Crippen molar-refractivity contribution in [1.29, 1.82) is 0 Å². The monoisotopic (exact) mass is 280 g/mol. The molecule has 0 aliphatic carbocycles. The van der Waals surface area contributed by atoms with Crippen LogP contribution in [0.2, 0.25) is 0 Å². The zero-order valence-electron chi connectivity index (χ0n) is 13.3. The summed E-state index contributed by atoms with van der Waals surface area (Å²) >= 11 is 0. The normalized spacial score (nSPS) is 17.9. The Labute approximate surface area is 122 Å². The number of hydrogen-bond donors (Lipinski definition) is 0. The van der Waals surface area contributed by atoms with Crippen LogP contribution in [0.4, 0.5) is 0 Å². The van der Waals surface area contributed by atoms with E-state index in [1.807, 2.05) is 6.20 Å². The third kappa shape index (κ3) is 4.04. The summed E-state index contributed by atoms with van der Waals surface area (Å²) in [6, 6.07) is 0. The van der Waals surface area contributed by atoms with Crippen molar-refractivity contribution in [2.75, 3.05) is 53.5 Å². The Morgan fingerprint density at radius 3 is 2.65 bits per heavy atom. The van der Waals surface area contributed by atoms with Crippen molar-refractivity contribution >= 4 is 0 Å². The van der Waals surface area contributed by atoms with Gasteiger partial charge in [-0.05, 0) is 14.1 Å². The highest BCUT2D eigenvalue weighted by Gasteiger charge is 2.29. The molecule has 1 aromatic rings. The van der Waals surface area contributed by atoms with Crippen LogP contribution in [0.25, 0.3) is 0 Å². The third-order valence-electron chi connectivity index (χ3n) is 3.83. The SMILES string of the molecule is CN(C)CCn1ccnc1C(C)(C)CN1CCOCC1. The van der Waals surface area contributed by atoms with Crippen molar-refractivity contribution in [3.05, 3.63) is 18.2 Å².